The third-order valence-electron chi connectivity index (χ3n) is 8.63. The van der Waals surface area contributed by atoms with Gasteiger partial charge >= 0.3 is 5.97 Å². The number of benzene rings is 1. The Morgan fingerprint density at radius 3 is 2.46 bits per heavy atom. The lowest BCUT2D eigenvalue weighted by Crippen LogP contribution is -2.54. The van der Waals surface area contributed by atoms with Gasteiger partial charge in [0.2, 0.25) is 5.91 Å². The summed E-state index contributed by atoms with van der Waals surface area (Å²) in [7, 11) is 0. The van der Waals surface area contributed by atoms with Crippen molar-refractivity contribution in [3.05, 3.63) is 48.6 Å². The molecule has 1 aromatic rings. The van der Waals surface area contributed by atoms with E-state index in [1.165, 1.54) is 16.7 Å². The highest BCUT2D eigenvalue weighted by molar-refractivity contribution is 8.02. The van der Waals surface area contributed by atoms with E-state index in [1.807, 2.05) is 43.3 Å². The Morgan fingerprint density at radius 1 is 1.03 bits per heavy atom. The minimum atomic E-state index is -0.948. The van der Waals surface area contributed by atoms with Gasteiger partial charge in [0.25, 0.3) is 5.91 Å². The van der Waals surface area contributed by atoms with Crippen LogP contribution in [0.1, 0.15) is 40.0 Å². The second-order valence-electron chi connectivity index (χ2n) is 10.9. The summed E-state index contributed by atoms with van der Waals surface area (Å²) >= 11 is 1.53. The van der Waals surface area contributed by atoms with Gasteiger partial charge in [-0.2, -0.15) is 0 Å². The van der Waals surface area contributed by atoms with Crippen molar-refractivity contribution in [1.29, 1.82) is 0 Å². The van der Waals surface area contributed by atoms with Crippen LogP contribution in [-0.4, -0.2) is 82.7 Å². The number of fused-ring (bicyclic) bond motifs is 2. The molecule has 2 amide bonds. The molecule has 1 unspecified atom stereocenters. The number of aliphatic hydroxyl groups excluding tert-OH is 1. The first kappa shape index (κ1) is 27.8. The Hall–Kier alpha value is -2.78. The summed E-state index contributed by atoms with van der Waals surface area (Å²) in [4.78, 5) is 47.5. The number of carbonyl (C=O) groups excluding carboxylic acids is 3. The minimum absolute atomic E-state index is 0.0327. The molecule has 0 bridgehead atoms. The number of ether oxygens (including phenoxy) is 1. The highest BCUT2D eigenvalue weighted by atomic mass is 32.2. The van der Waals surface area contributed by atoms with E-state index in [0.717, 1.165) is 43.7 Å². The van der Waals surface area contributed by atoms with Crippen LogP contribution in [0.2, 0.25) is 0 Å². The lowest BCUT2D eigenvalue weighted by Gasteiger charge is -2.36. The van der Waals surface area contributed by atoms with Gasteiger partial charge < -0.3 is 24.5 Å². The molecule has 2 fully saturated rings. The van der Waals surface area contributed by atoms with E-state index in [4.69, 9.17) is 4.74 Å². The summed E-state index contributed by atoms with van der Waals surface area (Å²) in [5.41, 5.74) is 1.84. The van der Waals surface area contributed by atoms with Crippen molar-refractivity contribution < 1.29 is 24.2 Å². The largest absolute Gasteiger partial charge is 0.465 e. The molecule has 5 atom stereocenters. The van der Waals surface area contributed by atoms with Gasteiger partial charge in [-0.1, -0.05) is 24.3 Å². The summed E-state index contributed by atoms with van der Waals surface area (Å²) in [5, 5.41) is 9.90. The Kier molecular flexibility index (Phi) is 7.84. The van der Waals surface area contributed by atoms with E-state index in [2.05, 4.69) is 30.9 Å². The summed E-state index contributed by atoms with van der Waals surface area (Å²) in [6.07, 6.45) is 10.7. The lowest BCUT2D eigenvalue weighted by molar-refractivity contribution is -0.154. The standard InChI is InChI=1S/C30H39N3O5S/c1-4-31(5-2)21-11-13-22(14-12-21)32-17-10-16-30-23(26(35)33(18-19-34)25(30)27(32)36)24-28(37)38-20-9-7-6-8-15-29(24,3)39-30/h8,10-16,23-25,34H,4-7,9,17-20H2,1-3H3/b15-8-/t23-,24-,25?,29+,30-/m0/s1. The molecule has 1 spiro atoms. The molecule has 1 aromatic carbocycles. The van der Waals surface area contributed by atoms with Crippen molar-refractivity contribution >= 4 is 40.9 Å². The van der Waals surface area contributed by atoms with E-state index >= 15 is 0 Å². The maximum atomic E-state index is 14.4. The van der Waals surface area contributed by atoms with Gasteiger partial charge in [0, 0.05) is 42.3 Å². The Bertz CT molecular complexity index is 1170. The van der Waals surface area contributed by atoms with Gasteiger partial charge in [-0.3, -0.25) is 14.4 Å². The fourth-order valence-corrected chi connectivity index (χ4v) is 8.96. The van der Waals surface area contributed by atoms with Crippen LogP contribution in [0.25, 0.3) is 0 Å². The number of β-amino-alcohol motifs (C(OH)–C–C–N with tert-alkyl or cyclic N) is 1. The van der Waals surface area contributed by atoms with Crippen LogP contribution in [0.5, 0.6) is 0 Å². The average Bonchev–Trinajstić information content (AvgIpc) is 3.24. The summed E-state index contributed by atoms with van der Waals surface area (Å²) < 4.78 is 4.04. The molecule has 0 aliphatic carbocycles. The Labute approximate surface area is 235 Å². The lowest BCUT2D eigenvalue weighted by atomic mass is 9.74. The zero-order chi connectivity index (χ0) is 27.8. The van der Waals surface area contributed by atoms with Crippen molar-refractivity contribution in [2.75, 3.05) is 49.2 Å². The van der Waals surface area contributed by atoms with Gasteiger partial charge in [0.1, 0.15) is 6.04 Å². The number of anilines is 2. The number of carbonyl (C=O) groups is 3. The van der Waals surface area contributed by atoms with E-state index in [1.54, 1.807) is 4.90 Å². The Morgan fingerprint density at radius 2 is 1.77 bits per heavy atom. The third kappa shape index (κ3) is 4.57. The molecule has 4 aliphatic heterocycles. The number of aliphatic hydroxyl groups is 1. The van der Waals surface area contributed by atoms with Crippen molar-refractivity contribution in [3.63, 3.8) is 0 Å². The predicted octanol–water partition coefficient (Wildman–Crippen LogP) is 3.40. The normalized spacial score (nSPS) is 33.2. The monoisotopic (exact) mass is 553 g/mol. The predicted molar refractivity (Wildman–Crippen MR) is 154 cm³/mol. The maximum absolute atomic E-state index is 14.4. The van der Waals surface area contributed by atoms with E-state index in [9.17, 15) is 19.5 Å². The van der Waals surface area contributed by atoms with Crippen LogP contribution in [0.4, 0.5) is 11.4 Å². The van der Waals surface area contributed by atoms with Gasteiger partial charge in [0.05, 0.1) is 29.8 Å². The molecule has 4 aliphatic rings. The smallest absolute Gasteiger partial charge is 0.311 e. The summed E-state index contributed by atoms with van der Waals surface area (Å²) in [6, 6.07) is 7.10. The zero-order valence-corrected chi connectivity index (χ0v) is 23.9. The van der Waals surface area contributed by atoms with Crippen molar-refractivity contribution in [2.45, 2.75) is 55.6 Å². The van der Waals surface area contributed by atoms with Crippen LogP contribution in [0.15, 0.2) is 48.6 Å². The van der Waals surface area contributed by atoms with Gasteiger partial charge in [-0.05, 0) is 64.3 Å². The molecule has 2 saturated heterocycles. The number of rotatable bonds is 6. The van der Waals surface area contributed by atoms with E-state index in [0.29, 0.717) is 13.2 Å². The molecule has 39 heavy (non-hydrogen) atoms. The minimum Gasteiger partial charge on any atom is -0.465 e. The number of nitrogens with zero attached hydrogens (tertiary/aromatic N) is 3. The van der Waals surface area contributed by atoms with Crippen molar-refractivity contribution in [1.82, 2.24) is 4.90 Å². The second-order valence-corrected chi connectivity index (χ2v) is 12.6. The molecular formula is C30H39N3O5S. The van der Waals surface area contributed by atoms with Crippen molar-refractivity contribution in [3.8, 4) is 0 Å². The van der Waals surface area contributed by atoms with Crippen LogP contribution >= 0.6 is 11.8 Å². The van der Waals surface area contributed by atoms with Crippen molar-refractivity contribution in [2.24, 2.45) is 11.8 Å². The maximum Gasteiger partial charge on any atom is 0.311 e. The van der Waals surface area contributed by atoms with Crippen LogP contribution in [-0.2, 0) is 19.1 Å². The summed E-state index contributed by atoms with van der Waals surface area (Å²) in [5.74, 6) is -2.34. The van der Waals surface area contributed by atoms with E-state index < -0.39 is 27.4 Å². The number of thioether (sulfide) groups is 1. The van der Waals surface area contributed by atoms with Crippen LogP contribution in [0, 0.1) is 11.8 Å². The van der Waals surface area contributed by atoms with Crippen LogP contribution in [0.3, 0.4) is 0 Å². The number of allylic oxidation sites excluding steroid dienone is 1. The van der Waals surface area contributed by atoms with E-state index in [-0.39, 0.29) is 30.9 Å². The SMILES string of the molecule is CCN(CC)c1ccc(N2CC=C[C@]34S[C@]5(C)/C=C\CCCCOC(=O)[C@@H]5[C@H]3C(=O)N(CCO)C4C2=O)cc1. The first-order valence-corrected chi connectivity index (χ1v) is 14.9. The second kappa shape index (κ2) is 11.0. The topological polar surface area (TPSA) is 90.4 Å². The molecule has 0 aromatic heterocycles. The quantitative estimate of drug-likeness (QED) is 0.427. The number of hydrogen-bond acceptors (Lipinski definition) is 7. The fraction of sp³-hybridized carbons (Fsp3) is 0.567. The van der Waals surface area contributed by atoms with Gasteiger partial charge in [-0.15, -0.1) is 11.8 Å². The molecule has 9 heteroatoms. The first-order valence-electron chi connectivity index (χ1n) is 14.1. The molecule has 1 N–H and O–H groups in total. The first-order chi connectivity index (χ1) is 18.8. The molecule has 0 saturated carbocycles. The number of likely N-dealkylation sites (tertiary alicyclic amines) is 1. The highest BCUT2D eigenvalue weighted by Crippen LogP contribution is 2.65. The molecule has 0 radical (unpaired) electrons. The molecule has 8 nitrogen and oxygen atoms in total. The third-order valence-corrected chi connectivity index (χ3v) is 10.4. The molecular weight excluding hydrogens is 514 g/mol. The number of esters is 1. The fourth-order valence-electron chi connectivity index (χ4n) is 6.81. The zero-order valence-electron chi connectivity index (χ0n) is 23.0. The highest BCUT2D eigenvalue weighted by Gasteiger charge is 2.73. The van der Waals surface area contributed by atoms with Gasteiger partial charge in [0.15, 0.2) is 0 Å². The molecule has 4 heterocycles. The Balaban J connectivity index is 1.57. The molecule has 210 valence electrons. The number of amides is 2. The molecule has 5 rings (SSSR count). The van der Waals surface area contributed by atoms with Gasteiger partial charge in [-0.25, -0.2) is 0 Å². The number of hydrogen-bond donors (Lipinski definition) is 1. The summed E-state index contributed by atoms with van der Waals surface area (Å²) in [6.45, 7) is 8.44. The van der Waals surface area contributed by atoms with Crippen LogP contribution < -0.4 is 9.80 Å². The average molecular weight is 554 g/mol. The number of cyclic esters (lactones) is 1.